The Morgan fingerprint density at radius 3 is 2.56 bits per heavy atom. The predicted molar refractivity (Wildman–Crippen MR) is 104 cm³/mol. The highest BCUT2D eigenvalue weighted by Crippen LogP contribution is 2.53. The molecule has 4 rings (SSSR count). The van der Waals surface area contributed by atoms with Crippen LogP contribution in [0.1, 0.15) is 33.5 Å². The van der Waals surface area contributed by atoms with Crippen LogP contribution in [0, 0.1) is 13.8 Å². The third kappa shape index (κ3) is 2.53. The monoisotopic (exact) mass is 382 g/mol. The van der Waals surface area contributed by atoms with Gasteiger partial charge >= 0.3 is 5.97 Å². The van der Waals surface area contributed by atoms with Crippen molar-refractivity contribution in [1.82, 2.24) is 0 Å². The molecule has 0 bridgehead atoms. The van der Waals surface area contributed by atoms with Gasteiger partial charge in [0.05, 0.1) is 11.3 Å². The maximum absolute atomic E-state index is 13.2. The molecule has 2 aromatic rings. The molecule has 0 aliphatic carbocycles. The molecule has 1 spiro atoms. The number of benzene rings is 2. The molecule has 1 saturated heterocycles. The number of hydrogen-bond donors (Lipinski definition) is 2. The summed E-state index contributed by atoms with van der Waals surface area (Å²) in [6, 6.07) is 10.0. The summed E-state index contributed by atoms with van der Waals surface area (Å²) < 4.78 is 0. The molecule has 1 unspecified atom stereocenters. The lowest BCUT2D eigenvalue weighted by molar-refractivity contribution is -0.124. The van der Waals surface area contributed by atoms with Gasteiger partial charge in [0.1, 0.15) is 0 Å². The molecule has 2 aliphatic heterocycles. The first-order valence-corrected chi connectivity index (χ1v) is 9.56. The minimum absolute atomic E-state index is 0.132. The van der Waals surface area contributed by atoms with Gasteiger partial charge in [0.25, 0.3) is 5.91 Å². The van der Waals surface area contributed by atoms with Crippen molar-refractivity contribution in [2.24, 2.45) is 0 Å². The molecule has 0 radical (unpaired) electrons. The molecule has 2 aromatic carbocycles. The van der Waals surface area contributed by atoms with Crippen LogP contribution in [0.3, 0.4) is 0 Å². The normalized spacial score (nSPS) is 21.3. The number of carboxylic acid groups (broad SMARTS) is 1. The number of nitrogens with one attached hydrogen (secondary N) is 1. The number of carbonyl (C=O) groups excluding carboxylic acids is 2. The van der Waals surface area contributed by atoms with Gasteiger partial charge in [-0.2, -0.15) is 0 Å². The van der Waals surface area contributed by atoms with Gasteiger partial charge in [-0.1, -0.05) is 17.7 Å². The Labute approximate surface area is 160 Å². The van der Waals surface area contributed by atoms with Crippen molar-refractivity contribution in [3.8, 4) is 0 Å². The second-order valence-corrected chi connectivity index (χ2v) is 8.07. The number of fused-ring (bicyclic) bond motifs is 2. The first-order chi connectivity index (χ1) is 12.8. The van der Waals surface area contributed by atoms with Gasteiger partial charge < -0.3 is 10.4 Å². The highest BCUT2D eigenvalue weighted by molar-refractivity contribution is 8.01. The van der Waals surface area contributed by atoms with E-state index in [1.54, 1.807) is 12.1 Å². The van der Waals surface area contributed by atoms with Crippen LogP contribution < -0.4 is 10.2 Å². The van der Waals surface area contributed by atoms with Crippen molar-refractivity contribution in [1.29, 1.82) is 0 Å². The minimum Gasteiger partial charge on any atom is -0.478 e. The van der Waals surface area contributed by atoms with Crippen molar-refractivity contribution < 1.29 is 19.5 Å². The van der Waals surface area contributed by atoms with Crippen LogP contribution in [0.4, 0.5) is 11.4 Å². The standard InChI is InChI=1S/C20H18N2O4S/c1-11-9-12(2)17-15(10-11)20(19(26)21-17)22(16(23)7-8-27-20)14-5-3-13(4-6-14)18(24)25/h3-6,9-10H,7-8H2,1-2H3,(H,21,26)(H,24,25). The SMILES string of the molecule is Cc1cc(C)c2c(c1)C1(SCCC(=O)N1c1ccc(C(=O)O)cc1)C(=O)N2. The third-order valence-electron chi connectivity index (χ3n) is 4.95. The molecule has 2 amide bonds. The zero-order chi connectivity index (χ0) is 19.3. The van der Waals surface area contributed by atoms with Gasteiger partial charge in [-0.3, -0.25) is 14.5 Å². The predicted octanol–water partition coefficient (Wildman–Crippen LogP) is 3.28. The van der Waals surface area contributed by atoms with Gasteiger partial charge in [0.15, 0.2) is 0 Å². The Kier molecular flexibility index (Phi) is 3.99. The van der Waals surface area contributed by atoms with Gasteiger partial charge in [-0.05, 0) is 43.7 Å². The molecule has 2 N–H and O–H groups in total. The number of carbonyl (C=O) groups is 3. The maximum Gasteiger partial charge on any atom is 0.335 e. The fourth-order valence-corrected chi connectivity index (χ4v) is 5.21. The fraction of sp³-hybridized carbons (Fsp3) is 0.250. The summed E-state index contributed by atoms with van der Waals surface area (Å²) in [6.07, 6.45) is 0.320. The number of aryl methyl sites for hydroxylation is 2. The van der Waals surface area contributed by atoms with E-state index in [1.165, 1.54) is 28.8 Å². The van der Waals surface area contributed by atoms with Crippen molar-refractivity contribution in [2.45, 2.75) is 25.1 Å². The van der Waals surface area contributed by atoms with Gasteiger partial charge in [0, 0.05) is 23.4 Å². The Balaban J connectivity index is 1.92. The summed E-state index contributed by atoms with van der Waals surface area (Å²) in [4.78, 5) is 37.6. The largest absolute Gasteiger partial charge is 0.478 e. The van der Waals surface area contributed by atoms with Gasteiger partial charge in [-0.15, -0.1) is 11.8 Å². The molecule has 27 heavy (non-hydrogen) atoms. The number of anilines is 2. The maximum atomic E-state index is 13.2. The molecule has 0 saturated carbocycles. The Morgan fingerprint density at radius 1 is 1.19 bits per heavy atom. The molecule has 1 atom stereocenters. The first-order valence-electron chi connectivity index (χ1n) is 8.58. The smallest absolute Gasteiger partial charge is 0.335 e. The summed E-state index contributed by atoms with van der Waals surface area (Å²) >= 11 is 1.44. The van der Waals surface area contributed by atoms with Crippen LogP contribution in [-0.2, 0) is 14.5 Å². The van der Waals surface area contributed by atoms with E-state index in [9.17, 15) is 14.4 Å². The van der Waals surface area contributed by atoms with Crippen molar-refractivity contribution in [2.75, 3.05) is 16.0 Å². The number of amides is 2. The highest BCUT2D eigenvalue weighted by atomic mass is 32.2. The number of carboxylic acids is 1. The van der Waals surface area contributed by atoms with E-state index in [0.29, 0.717) is 17.9 Å². The van der Waals surface area contributed by atoms with Crippen LogP contribution in [0.15, 0.2) is 36.4 Å². The lowest BCUT2D eigenvalue weighted by Gasteiger charge is -2.42. The lowest BCUT2D eigenvalue weighted by atomic mass is 9.98. The highest BCUT2D eigenvalue weighted by Gasteiger charge is 2.56. The van der Waals surface area contributed by atoms with E-state index >= 15 is 0 Å². The van der Waals surface area contributed by atoms with Crippen LogP contribution in [0.5, 0.6) is 0 Å². The average Bonchev–Trinajstić information content (AvgIpc) is 2.89. The molecule has 0 aromatic heterocycles. The second-order valence-electron chi connectivity index (χ2n) is 6.78. The molecule has 6 nitrogen and oxygen atoms in total. The Morgan fingerprint density at radius 2 is 1.89 bits per heavy atom. The number of rotatable bonds is 2. The minimum atomic E-state index is -1.17. The summed E-state index contributed by atoms with van der Waals surface area (Å²) in [5.41, 5.74) is 4.15. The molecule has 138 valence electrons. The van der Waals surface area contributed by atoms with E-state index in [0.717, 1.165) is 22.4 Å². The molecular formula is C20H18N2O4S. The van der Waals surface area contributed by atoms with Crippen LogP contribution in [0.25, 0.3) is 0 Å². The van der Waals surface area contributed by atoms with E-state index in [1.807, 2.05) is 26.0 Å². The summed E-state index contributed by atoms with van der Waals surface area (Å²) in [5, 5.41) is 12.1. The summed E-state index contributed by atoms with van der Waals surface area (Å²) in [5.74, 6) is -0.890. The van der Waals surface area contributed by atoms with Gasteiger partial charge in [0.2, 0.25) is 10.8 Å². The zero-order valence-electron chi connectivity index (χ0n) is 14.9. The molecule has 1 fully saturated rings. The number of thioether (sulfide) groups is 1. The van der Waals surface area contributed by atoms with E-state index in [2.05, 4.69) is 5.32 Å². The first kappa shape index (κ1) is 17.6. The van der Waals surface area contributed by atoms with Crippen molar-refractivity contribution >= 4 is 40.9 Å². The zero-order valence-corrected chi connectivity index (χ0v) is 15.7. The quantitative estimate of drug-likeness (QED) is 0.832. The van der Waals surface area contributed by atoms with Crippen LogP contribution in [-0.4, -0.2) is 28.6 Å². The van der Waals surface area contributed by atoms with E-state index in [-0.39, 0.29) is 17.4 Å². The van der Waals surface area contributed by atoms with E-state index in [4.69, 9.17) is 5.11 Å². The third-order valence-corrected chi connectivity index (χ3v) is 6.37. The van der Waals surface area contributed by atoms with Crippen molar-refractivity contribution in [3.05, 3.63) is 58.7 Å². The molecule has 2 aliphatic rings. The molecule has 2 heterocycles. The van der Waals surface area contributed by atoms with E-state index < -0.39 is 10.8 Å². The molecular weight excluding hydrogens is 364 g/mol. The van der Waals surface area contributed by atoms with Gasteiger partial charge in [-0.25, -0.2) is 4.79 Å². The average molecular weight is 382 g/mol. The van der Waals surface area contributed by atoms with Crippen molar-refractivity contribution in [3.63, 3.8) is 0 Å². The topological polar surface area (TPSA) is 86.7 Å². The second kappa shape index (κ2) is 6.13. The number of nitrogens with zero attached hydrogens (tertiary/aromatic N) is 1. The van der Waals surface area contributed by atoms with Crippen LogP contribution >= 0.6 is 11.8 Å². The summed E-state index contributed by atoms with van der Waals surface area (Å²) in [6.45, 7) is 3.90. The number of hydrogen-bond acceptors (Lipinski definition) is 4. The Bertz CT molecular complexity index is 986. The lowest BCUT2D eigenvalue weighted by Crippen LogP contribution is -2.54. The molecule has 7 heteroatoms. The van der Waals surface area contributed by atoms with Crippen LogP contribution in [0.2, 0.25) is 0 Å². The fourth-order valence-electron chi connectivity index (χ4n) is 3.80. The Hall–Kier alpha value is -2.80. The summed E-state index contributed by atoms with van der Waals surface area (Å²) in [7, 11) is 0. The number of aromatic carboxylic acids is 1.